The Balaban J connectivity index is 1.65. The highest BCUT2D eigenvalue weighted by atomic mass is 32.2. The molecule has 0 saturated heterocycles. The minimum absolute atomic E-state index is 0.275. The molecule has 2 nitrogen and oxygen atoms in total. The first-order valence-corrected chi connectivity index (χ1v) is 11.1. The van der Waals surface area contributed by atoms with E-state index >= 15 is 0 Å². The van der Waals surface area contributed by atoms with Crippen molar-refractivity contribution in [2.75, 3.05) is 5.75 Å². The molecule has 0 radical (unpaired) electrons. The van der Waals surface area contributed by atoms with Gasteiger partial charge in [0.05, 0.1) is 0 Å². The van der Waals surface area contributed by atoms with Crippen LogP contribution in [0.15, 0.2) is 48.5 Å². The van der Waals surface area contributed by atoms with Crippen LogP contribution in [0.2, 0.25) is 0 Å². The van der Waals surface area contributed by atoms with Crippen molar-refractivity contribution in [1.82, 2.24) is 0 Å². The van der Waals surface area contributed by atoms with Crippen LogP contribution >= 0.6 is 11.8 Å². The molecular formula is C24H30N2S. The number of nitrogens with two attached hydrogens (primary N) is 2. The van der Waals surface area contributed by atoms with E-state index in [0.717, 1.165) is 12.2 Å². The molecule has 27 heavy (non-hydrogen) atoms. The predicted molar refractivity (Wildman–Crippen MR) is 118 cm³/mol. The molecule has 1 spiro atoms. The van der Waals surface area contributed by atoms with Gasteiger partial charge in [-0.2, -0.15) is 0 Å². The Bertz CT molecular complexity index is 826. The molecule has 0 aromatic heterocycles. The maximum atomic E-state index is 5.71. The maximum Gasteiger partial charge on any atom is 0.100 e. The molecule has 2 aromatic rings. The highest BCUT2D eigenvalue weighted by molar-refractivity contribution is 7.99. The number of aryl methyl sites for hydroxylation is 3. The van der Waals surface area contributed by atoms with E-state index in [-0.39, 0.29) is 10.9 Å². The van der Waals surface area contributed by atoms with Gasteiger partial charge in [0.2, 0.25) is 0 Å². The third-order valence-electron chi connectivity index (χ3n) is 6.30. The van der Waals surface area contributed by atoms with Crippen LogP contribution in [0.3, 0.4) is 0 Å². The van der Waals surface area contributed by atoms with E-state index < -0.39 is 0 Å². The van der Waals surface area contributed by atoms with Crippen LogP contribution in [0.4, 0.5) is 0 Å². The first kappa shape index (κ1) is 18.8. The van der Waals surface area contributed by atoms with Crippen LogP contribution in [-0.4, -0.2) is 11.3 Å². The molecule has 0 aliphatic heterocycles. The highest BCUT2D eigenvalue weighted by Gasteiger charge is 2.42. The van der Waals surface area contributed by atoms with Gasteiger partial charge in [-0.3, -0.25) is 0 Å². The largest absolute Gasteiger partial charge is 0.308 e. The van der Waals surface area contributed by atoms with Gasteiger partial charge in [-0.15, -0.1) is 11.8 Å². The fraction of sp³-hybridized carbons (Fsp3) is 0.417. The molecular weight excluding hydrogens is 348 g/mol. The fourth-order valence-corrected chi connectivity index (χ4v) is 5.46. The lowest BCUT2D eigenvalue weighted by atomic mass is 9.73. The summed E-state index contributed by atoms with van der Waals surface area (Å²) in [6, 6.07) is 16.0. The molecule has 2 aromatic carbocycles. The average Bonchev–Trinajstić information content (AvgIpc) is 2.82. The minimum Gasteiger partial charge on any atom is -0.308 e. The zero-order valence-electron chi connectivity index (χ0n) is 16.2. The van der Waals surface area contributed by atoms with Crippen molar-refractivity contribution in [3.8, 4) is 0 Å². The van der Waals surface area contributed by atoms with Gasteiger partial charge in [-0.1, -0.05) is 54.1 Å². The topological polar surface area (TPSA) is 52.0 Å². The Morgan fingerprint density at radius 1 is 1.04 bits per heavy atom. The molecule has 3 heteroatoms. The quantitative estimate of drug-likeness (QED) is 0.592. The number of benzene rings is 2. The zero-order valence-corrected chi connectivity index (χ0v) is 17.0. The normalized spacial score (nSPS) is 19.3. The van der Waals surface area contributed by atoms with Crippen molar-refractivity contribution in [3.63, 3.8) is 0 Å². The molecule has 2 aliphatic carbocycles. The van der Waals surface area contributed by atoms with Crippen LogP contribution in [0, 0.1) is 12.3 Å². The molecule has 0 atom stereocenters. The summed E-state index contributed by atoms with van der Waals surface area (Å²) in [7, 11) is 0. The van der Waals surface area contributed by atoms with Gasteiger partial charge in [0.15, 0.2) is 0 Å². The Hall–Kier alpha value is -1.55. The number of hydrogen-bond donors (Lipinski definition) is 2. The lowest BCUT2D eigenvalue weighted by Crippen LogP contribution is -2.26. The molecule has 0 saturated carbocycles. The van der Waals surface area contributed by atoms with E-state index in [0.29, 0.717) is 0 Å². The van der Waals surface area contributed by atoms with Crippen LogP contribution < -0.4 is 11.5 Å². The molecule has 4 rings (SSSR count). The summed E-state index contributed by atoms with van der Waals surface area (Å²) in [4.78, 5) is 0. The van der Waals surface area contributed by atoms with Crippen LogP contribution in [0.5, 0.6) is 0 Å². The van der Waals surface area contributed by atoms with E-state index in [1.165, 1.54) is 48.8 Å². The van der Waals surface area contributed by atoms with Crippen molar-refractivity contribution in [2.45, 2.75) is 50.9 Å². The fourth-order valence-electron chi connectivity index (χ4n) is 4.94. The zero-order chi connectivity index (χ0) is 18.9. The second kappa shape index (κ2) is 7.83. The van der Waals surface area contributed by atoms with Crippen molar-refractivity contribution in [1.29, 1.82) is 0 Å². The molecule has 0 fully saturated rings. The standard InChI is InChI=1S/C24H30N2S/c1-17-8-9-20-16-24(12-10-18-5-2-3-6-19(18)11-13-24)22(21(20)15-17)7-4-14-27-23(25)26/h2-3,5-9,15,23H,4,10-14,16,25-26H2,1H3. The van der Waals surface area contributed by atoms with E-state index in [2.05, 4.69) is 55.5 Å². The molecule has 0 amide bonds. The summed E-state index contributed by atoms with van der Waals surface area (Å²) in [6.07, 6.45) is 9.57. The molecule has 0 unspecified atom stereocenters. The van der Waals surface area contributed by atoms with E-state index in [9.17, 15) is 0 Å². The van der Waals surface area contributed by atoms with E-state index in [1.807, 2.05) is 0 Å². The van der Waals surface area contributed by atoms with Crippen LogP contribution in [0.25, 0.3) is 5.57 Å². The summed E-state index contributed by atoms with van der Waals surface area (Å²) < 4.78 is 0. The summed E-state index contributed by atoms with van der Waals surface area (Å²) in [5.74, 6) is 0.985. The number of allylic oxidation sites excluding steroid dienone is 2. The van der Waals surface area contributed by atoms with Gasteiger partial charge in [0.25, 0.3) is 0 Å². The SMILES string of the molecule is Cc1ccc2c(c1)C(=CCCSC(N)N)C1(CCc3ccccc3CC1)C2. The summed E-state index contributed by atoms with van der Waals surface area (Å²) in [6.45, 7) is 2.20. The number of fused-ring (bicyclic) bond motifs is 2. The summed E-state index contributed by atoms with van der Waals surface area (Å²) in [5.41, 5.74) is 20.5. The molecule has 0 heterocycles. The first-order valence-electron chi connectivity index (χ1n) is 10.1. The van der Waals surface area contributed by atoms with Gasteiger partial charge in [0, 0.05) is 5.41 Å². The van der Waals surface area contributed by atoms with Crippen molar-refractivity contribution in [2.24, 2.45) is 16.9 Å². The average molecular weight is 379 g/mol. The Morgan fingerprint density at radius 3 is 2.41 bits per heavy atom. The molecule has 142 valence electrons. The van der Waals surface area contributed by atoms with Crippen molar-refractivity contribution >= 4 is 17.3 Å². The Kier molecular flexibility index (Phi) is 5.45. The van der Waals surface area contributed by atoms with Crippen LogP contribution in [0.1, 0.15) is 47.1 Å². The lowest BCUT2D eigenvalue weighted by molar-refractivity contribution is 0.359. The van der Waals surface area contributed by atoms with Gasteiger partial charge >= 0.3 is 0 Å². The molecule has 0 bridgehead atoms. The summed E-state index contributed by atoms with van der Waals surface area (Å²) >= 11 is 1.64. The van der Waals surface area contributed by atoms with Gasteiger partial charge in [-0.05, 0) is 79.0 Å². The van der Waals surface area contributed by atoms with Gasteiger partial charge in [0.1, 0.15) is 5.50 Å². The molecule has 4 N–H and O–H groups in total. The third kappa shape index (κ3) is 3.87. The predicted octanol–water partition coefficient (Wildman–Crippen LogP) is 4.82. The van der Waals surface area contributed by atoms with Crippen molar-refractivity contribution in [3.05, 3.63) is 76.4 Å². The van der Waals surface area contributed by atoms with Gasteiger partial charge < -0.3 is 11.5 Å². The van der Waals surface area contributed by atoms with E-state index in [4.69, 9.17) is 11.5 Å². The third-order valence-corrected chi connectivity index (χ3v) is 7.15. The second-order valence-electron chi connectivity index (χ2n) is 8.13. The maximum absolute atomic E-state index is 5.71. The smallest absolute Gasteiger partial charge is 0.100 e. The summed E-state index contributed by atoms with van der Waals surface area (Å²) in [5, 5.41) is 0. The highest BCUT2D eigenvalue weighted by Crippen LogP contribution is 2.53. The number of rotatable bonds is 4. The Morgan fingerprint density at radius 2 is 1.74 bits per heavy atom. The van der Waals surface area contributed by atoms with Crippen LogP contribution in [-0.2, 0) is 19.3 Å². The minimum atomic E-state index is -0.275. The number of thioether (sulfide) groups is 1. The Labute approximate surface area is 167 Å². The van der Waals surface area contributed by atoms with Gasteiger partial charge in [-0.25, -0.2) is 0 Å². The molecule has 2 aliphatic rings. The van der Waals surface area contributed by atoms with E-state index in [1.54, 1.807) is 28.5 Å². The second-order valence-corrected chi connectivity index (χ2v) is 9.41. The number of hydrogen-bond acceptors (Lipinski definition) is 3. The first-order chi connectivity index (χ1) is 13.1. The lowest BCUT2D eigenvalue weighted by Gasteiger charge is -2.30. The monoisotopic (exact) mass is 378 g/mol. The van der Waals surface area contributed by atoms with Crippen molar-refractivity contribution < 1.29 is 0 Å².